The Kier molecular flexibility index (Phi) is 11.7. The van der Waals surface area contributed by atoms with Crippen molar-refractivity contribution in [1.82, 2.24) is 15.5 Å². The number of hydrogen-bond donors (Lipinski definition) is 4. The van der Waals surface area contributed by atoms with Gasteiger partial charge in [0, 0.05) is 49.0 Å². The molecule has 2 aliphatic rings. The van der Waals surface area contributed by atoms with Crippen LogP contribution in [0.1, 0.15) is 88.6 Å². The summed E-state index contributed by atoms with van der Waals surface area (Å²) in [6.45, 7) is 10.1. The Bertz CT molecular complexity index is 1260. The zero-order chi connectivity index (χ0) is 31.7. The monoisotopic (exact) mass is 605 g/mol. The lowest BCUT2D eigenvalue weighted by molar-refractivity contribution is -0.117. The minimum absolute atomic E-state index is 0.0151. The third kappa shape index (κ3) is 9.71. The molecule has 0 radical (unpaired) electrons. The molecule has 1 saturated heterocycles. The van der Waals surface area contributed by atoms with Crippen molar-refractivity contribution >= 4 is 29.2 Å². The summed E-state index contributed by atoms with van der Waals surface area (Å²) >= 11 is 0. The molecule has 240 valence electrons. The molecule has 0 bridgehead atoms. The number of amides is 4. The number of benzene rings is 2. The van der Waals surface area contributed by atoms with Gasteiger partial charge in [0.05, 0.1) is 18.7 Å². The summed E-state index contributed by atoms with van der Waals surface area (Å²) in [6.07, 6.45) is 6.07. The van der Waals surface area contributed by atoms with Crippen LogP contribution in [-0.4, -0.2) is 72.2 Å². The van der Waals surface area contributed by atoms with Gasteiger partial charge in [0.2, 0.25) is 5.91 Å². The minimum atomic E-state index is -1.00. The van der Waals surface area contributed by atoms with Crippen LogP contribution in [0.4, 0.5) is 16.2 Å². The zero-order valence-electron chi connectivity index (χ0n) is 26.9. The van der Waals surface area contributed by atoms with E-state index in [4.69, 9.17) is 0 Å². The number of carbonyl (C=O) groups excluding carboxylic acids is 3. The molecule has 44 heavy (non-hydrogen) atoms. The van der Waals surface area contributed by atoms with Crippen molar-refractivity contribution in [2.24, 2.45) is 5.41 Å². The van der Waals surface area contributed by atoms with E-state index >= 15 is 0 Å². The van der Waals surface area contributed by atoms with E-state index in [-0.39, 0.29) is 35.8 Å². The van der Waals surface area contributed by atoms with Gasteiger partial charge in [-0.25, -0.2) is 4.79 Å². The van der Waals surface area contributed by atoms with Crippen LogP contribution in [0.3, 0.4) is 0 Å². The number of aliphatic hydroxyl groups is 1. The van der Waals surface area contributed by atoms with Crippen LogP contribution in [0.25, 0.3) is 0 Å². The van der Waals surface area contributed by atoms with Crippen molar-refractivity contribution in [2.75, 3.05) is 36.4 Å². The lowest BCUT2D eigenvalue weighted by Crippen LogP contribution is -2.53. The Morgan fingerprint density at radius 1 is 1.05 bits per heavy atom. The van der Waals surface area contributed by atoms with Gasteiger partial charge in [0.25, 0.3) is 5.91 Å². The van der Waals surface area contributed by atoms with Gasteiger partial charge in [-0.15, -0.1) is 0 Å². The average Bonchev–Trinajstić information content (AvgIpc) is 3.44. The normalized spacial score (nSPS) is 17.2. The molecule has 1 heterocycles. The molecule has 4 amide bonds. The Balaban J connectivity index is 1.54. The molecule has 0 unspecified atom stereocenters. The summed E-state index contributed by atoms with van der Waals surface area (Å²) in [5, 5.41) is 21.2. The molecule has 1 aliphatic carbocycles. The number of likely N-dealkylation sites (N-methyl/N-ethyl adjacent to an activating group) is 1. The molecule has 1 aliphatic heterocycles. The first kappa shape index (κ1) is 33.3. The number of nitrogens with zero attached hydrogens (tertiary/aromatic N) is 2. The molecule has 4 N–H and O–H groups in total. The fraction of sp³-hybridized carbons (Fsp3) is 0.571. The molecule has 2 aromatic rings. The van der Waals surface area contributed by atoms with Gasteiger partial charge in [0.1, 0.15) is 0 Å². The number of aliphatic hydroxyl groups excluding tert-OH is 1. The number of anilines is 2. The second-order valence-corrected chi connectivity index (χ2v) is 13.5. The smallest absolute Gasteiger partial charge is 0.317 e. The van der Waals surface area contributed by atoms with Crippen molar-refractivity contribution < 1.29 is 19.5 Å². The lowest BCUT2D eigenvalue weighted by atomic mass is 9.96. The van der Waals surface area contributed by atoms with E-state index in [0.29, 0.717) is 43.7 Å². The number of hydrogen-bond acceptors (Lipinski definition) is 5. The Labute approximate surface area is 262 Å². The first-order chi connectivity index (χ1) is 21.0. The summed E-state index contributed by atoms with van der Waals surface area (Å²) in [7, 11) is 0. The molecule has 9 nitrogen and oxygen atoms in total. The van der Waals surface area contributed by atoms with Crippen molar-refractivity contribution in [1.29, 1.82) is 0 Å². The molecular formula is C35H51N5O4. The van der Waals surface area contributed by atoms with Crippen LogP contribution in [0, 0.1) is 5.41 Å². The van der Waals surface area contributed by atoms with Crippen LogP contribution < -0.4 is 20.9 Å². The second-order valence-electron chi connectivity index (χ2n) is 13.5. The van der Waals surface area contributed by atoms with Crippen LogP contribution in [0.2, 0.25) is 0 Å². The van der Waals surface area contributed by atoms with E-state index in [1.165, 1.54) is 6.42 Å². The van der Waals surface area contributed by atoms with Crippen LogP contribution >= 0.6 is 0 Å². The molecule has 2 aromatic carbocycles. The maximum Gasteiger partial charge on any atom is 0.317 e. The summed E-state index contributed by atoms with van der Waals surface area (Å²) in [5.41, 5.74) is 2.84. The number of nitrogens with one attached hydrogen (secondary N) is 3. The third-order valence-electron chi connectivity index (χ3n) is 8.48. The fourth-order valence-corrected chi connectivity index (χ4v) is 5.91. The van der Waals surface area contributed by atoms with Gasteiger partial charge in [-0.05, 0) is 61.8 Å². The molecule has 0 spiro atoms. The van der Waals surface area contributed by atoms with Gasteiger partial charge >= 0.3 is 6.03 Å². The highest BCUT2D eigenvalue weighted by Crippen LogP contribution is 2.28. The van der Waals surface area contributed by atoms with Crippen LogP contribution in [0.15, 0.2) is 48.5 Å². The number of carbonyl (C=O) groups is 3. The highest BCUT2D eigenvalue weighted by Gasteiger charge is 2.29. The van der Waals surface area contributed by atoms with Gasteiger partial charge < -0.3 is 30.9 Å². The van der Waals surface area contributed by atoms with Gasteiger partial charge in [-0.2, -0.15) is 0 Å². The average molecular weight is 606 g/mol. The molecule has 1 saturated carbocycles. The zero-order valence-corrected chi connectivity index (χ0v) is 26.9. The topological polar surface area (TPSA) is 114 Å². The van der Waals surface area contributed by atoms with Crippen molar-refractivity contribution in [2.45, 2.75) is 97.2 Å². The van der Waals surface area contributed by atoms with Gasteiger partial charge in [0.15, 0.2) is 0 Å². The Hall–Kier alpha value is -3.59. The molecule has 4 rings (SSSR count). The molecule has 2 fully saturated rings. The van der Waals surface area contributed by atoms with Crippen molar-refractivity contribution in [3.63, 3.8) is 0 Å². The standard InChI is InChI=1S/C35H51N5O4/c1-5-39(34(44)37-27-15-10-7-11-16-27)23-31(41)30(19-25-13-8-6-9-14-25)38-33(43)26-20-28(36-24-35(2,3)4)22-29(21-26)40-18-12-17-32(40)42/h6,8-9,13-14,20-22,27,30-31,36,41H,5,7,10-12,15-19,23-24H2,1-4H3,(H,37,44)(H,38,43)/t30-,31-/m0/s1. The summed E-state index contributed by atoms with van der Waals surface area (Å²) in [5.74, 6) is -0.292. The predicted molar refractivity (Wildman–Crippen MR) is 176 cm³/mol. The molecule has 2 atom stereocenters. The maximum absolute atomic E-state index is 13.9. The Morgan fingerprint density at radius 2 is 1.77 bits per heavy atom. The SMILES string of the molecule is CCN(C[C@H](O)[C@H](Cc1ccccc1)NC(=O)c1cc(NCC(C)(C)C)cc(N2CCCC2=O)c1)C(=O)NC1CCCCC1. The van der Waals surface area contributed by atoms with Crippen molar-refractivity contribution in [3.05, 3.63) is 59.7 Å². The van der Waals surface area contributed by atoms with Gasteiger partial charge in [-0.3, -0.25) is 9.59 Å². The molecule has 0 aromatic heterocycles. The van der Waals surface area contributed by atoms with E-state index < -0.39 is 12.1 Å². The van der Waals surface area contributed by atoms with E-state index in [0.717, 1.165) is 43.4 Å². The van der Waals surface area contributed by atoms with E-state index in [1.807, 2.05) is 43.3 Å². The maximum atomic E-state index is 13.9. The molecule has 9 heteroatoms. The van der Waals surface area contributed by atoms with Crippen molar-refractivity contribution in [3.8, 4) is 0 Å². The number of urea groups is 1. The van der Waals surface area contributed by atoms with Crippen LogP contribution in [0.5, 0.6) is 0 Å². The third-order valence-corrected chi connectivity index (χ3v) is 8.48. The summed E-state index contributed by atoms with van der Waals surface area (Å²) in [4.78, 5) is 43.0. The fourth-order valence-electron chi connectivity index (χ4n) is 5.91. The highest BCUT2D eigenvalue weighted by molar-refractivity contribution is 6.00. The first-order valence-corrected chi connectivity index (χ1v) is 16.3. The quantitative estimate of drug-likeness (QED) is 0.261. The summed E-state index contributed by atoms with van der Waals surface area (Å²) in [6, 6.07) is 14.5. The first-order valence-electron chi connectivity index (χ1n) is 16.3. The van der Waals surface area contributed by atoms with E-state index in [2.05, 4.69) is 36.7 Å². The Morgan fingerprint density at radius 3 is 2.41 bits per heavy atom. The number of rotatable bonds is 12. The van der Waals surface area contributed by atoms with Gasteiger partial charge in [-0.1, -0.05) is 70.4 Å². The van der Waals surface area contributed by atoms with E-state index in [1.54, 1.807) is 21.9 Å². The molecular weight excluding hydrogens is 554 g/mol. The highest BCUT2D eigenvalue weighted by atomic mass is 16.3. The van der Waals surface area contributed by atoms with Crippen LogP contribution in [-0.2, 0) is 11.2 Å². The lowest BCUT2D eigenvalue weighted by Gasteiger charge is -2.32. The predicted octanol–water partition coefficient (Wildman–Crippen LogP) is 5.34. The summed E-state index contributed by atoms with van der Waals surface area (Å²) < 4.78 is 0. The second kappa shape index (κ2) is 15.4. The minimum Gasteiger partial charge on any atom is -0.389 e. The largest absolute Gasteiger partial charge is 0.389 e. The van der Waals surface area contributed by atoms with E-state index in [9.17, 15) is 19.5 Å².